The molecule has 0 saturated carbocycles. The maximum absolute atomic E-state index is 10.5. The van der Waals surface area contributed by atoms with Crippen LogP contribution in [-0.4, -0.2) is 5.16 Å². The highest BCUT2D eigenvalue weighted by Crippen LogP contribution is 2.01. The van der Waals surface area contributed by atoms with E-state index in [-0.39, 0.29) is 5.69 Å². The molecule has 4 heteroatoms. The lowest BCUT2D eigenvalue weighted by Crippen LogP contribution is -2.01. The Hall–Kier alpha value is -1.19. The molecule has 0 amide bonds. The van der Waals surface area contributed by atoms with Gasteiger partial charge in [-0.15, -0.1) is 0 Å². The van der Waals surface area contributed by atoms with Gasteiger partial charge in [0.05, 0.1) is 5.69 Å². The highest BCUT2D eigenvalue weighted by atomic mass is 16.5. The van der Waals surface area contributed by atoms with Crippen LogP contribution in [0.2, 0.25) is 0 Å². The van der Waals surface area contributed by atoms with Crippen LogP contribution in [0, 0.1) is 0 Å². The Bertz CT molecular complexity index is 248. The number of rotatable bonds is 1. The number of nitrogens with one attached hydrogen (secondary N) is 1. The minimum atomic E-state index is -0.480. The molecule has 1 heterocycles. The van der Waals surface area contributed by atoms with Crippen molar-refractivity contribution in [3.8, 4) is 0 Å². The molecule has 1 aromatic rings. The summed E-state index contributed by atoms with van der Waals surface area (Å²) >= 11 is 0. The van der Waals surface area contributed by atoms with Gasteiger partial charge in [0.25, 0.3) is 0 Å². The third-order valence-electron chi connectivity index (χ3n) is 1.17. The topological polar surface area (TPSA) is 72.0 Å². The van der Waals surface area contributed by atoms with Crippen LogP contribution in [0.5, 0.6) is 0 Å². The van der Waals surface area contributed by atoms with E-state index in [2.05, 4.69) is 9.68 Å². The van der Waals surface area contributed by atoms with E-state index in [0.717, 1.165) is 0 Å². The van der Waals surface area contributed by atoms with Crippen LogP contribution < -0.4 is 11.4 Å². The molecule has 0 spiro atoms. The minimum Gasteiger partial charge on any atom is -0.391 e. The molecule has 3 N–H and O–H groups in total. The summed E-state index contributed by atoms with van der Waals surface area (Å²) in [6.07, 6.45) is 0.692. The van der Waals surface area contributed by atoms with Crippen LogP contribution in [0.1, 0.15) is 12.6 Å². The van der Waals surface area contributed by atoms with E-state index in [0.29, 0.717) is 12.1 Å². The Labute approximate surface area is 51.6 Å². The molecule has 0 atom stereocenters. The minimum absolute atomic E-state index is 0.192. The monoisotopic (exact) mass is 128 g/mol. The molecule has 9 heavy (non-hydrogen) atoms. The van der Waals surface area contributed by atoms with Crippen molar-refractivity contribution in [2.75, 3.05) is 5.73 Å². The van der Waals surface area contributed by atoms with Gasteiger partial charge in [-0.2, -0.15) is 0 Å². The number of nitrogens with two attached hydrogens (primary N) is 1. The van der Waals surface area contributed by atoms with Crippen LogP contribution in [0.3, 0.4) is 0 Å². The summed E-state index contributed by atoms with van der Waals surface area (Å²) in [6, 6.07) is 0. The highest BCUT2D eigenvalue weighted by molar-refractivity contribution is 5.38. The first kappa shape index (κ1) is 5.94. The maximum Gasteiger partial charge on any atom is 0.380 e. The first-order valence-corrected chi connectivity index (χ1v) is 2.71. The van der Waals surface area contributed by atoms with Crippen LogP contribution in [0.15, 0.2) is 9.32 Å². The highest BCUT2D eigenvalue weighted by Gasteiger charge is 2.03. The van der Waals surface area contributed by atoms with E-state index in [1.165, 1.54) is 0 Å². The van der Waals surface area contributed by atoms with Crippen LogP contribution in [0.4, 0.5) is 5.69 Å². The molecule has 4 nitrogen and oxygen atoms in total. The second-order valence-electron chi connectivity index (χ2n) is 1.74. The molecule has 0 aliphatic rings. The molecule has 50 valence electrons. The van der Waals surface area contributed by atoms with Crippen molar-refractivity contribution in [1.82, 2.24) is 5.16 Å². The van der Waals surface area contributed by atoms with Crippen molar-refractivity contribution in [1.29, 1.82) is 0 Å². The average molecular weight is 128 g/mol. The molecule has 0 aliphatic heterocycles. The van der Waals surface area contributed by atoms with Crippen molar-refractivity contribution in [3.63, 3.8) is 0 Å². The van der Waals surface area contributed by atoms with Crippen molar-refractivity contribution in [3.05, 3.63) is 16.1 Å². The largest absolute Gasteiger partial charge is 0.391 e. The molecular formula is C5H8N2O2. The molecule has 0 saturated heterocycles. The van der Waals surface area contributed by atoms with Crippen molar-refractivity contribution in [2.45, 2.75) is 13.3 Å². The Morgan fingerprint density at radius 1 is 1.78 bits per heavy atom. The number of anilines is 1. The maximum atomic E-state index is 10.5. The number of aromatic nitrogens is 1. The Morgan fingerprint density at radius 2 is 2.44 bits per heavy atom. The lowest BCUT2D eigenvalue weighted by molar-refractivity contribution is 0.386. The zero-order valence-corrected chi connectivity index (χ0v) is 5.10. The van der Waals surface area contributed by atoms with Gasteiger partial charge < -0.3 is 10.3 Å². The normalized spacial score (nSPS) is 9.89. The molecule has 1 aromatic heterocycles. The van der Waals surface area contributed by atoms with Gasteiger partial charge in [0.1, 0.15) is 5.69 Å². The molecule has 0 aromatic carbocycles. The Kier molecular flexibility index (Phi) is 1.30. The number of H-pyrrole nitrogens is 1. The zero-order chi connectivity index (χ0) is 6.85. The molecule has 0 unspecified atom stereocenters. The number of hydrogen-bond donors (Lipinski definition) is 2. The SMILES string of the molecule is CCc1[nH]oc(=O)c1N. The van der Waals surface area contributed by atoms with E-state index in [9.17, 15) is 4.79 Å². The quantitative estimate of drug-likeness (QED) is 0.564. The van der Waals surface area contributed by atoms with Gasteiger partial charge in [0, 0.05) is 0 Å². The second kappa shape index (κ2) is 1.97. The van der Waals surface area contributed by atoms with Gasteiger partial charge in [-0.05, 0) is 6.42 Å². The van der Waals surface area contributed by atoms with Gasteiger partial charge >= 0.3 is 5.63 Å². The van der Waals surface area contributed by atoms with Crippen LogP contribution in [0.25, 0.3) is 0 Å². The average Bonchev–Trinajstić information content (AvgIpc) is 2.15. The molecule has 0 fully saturated rings. The number of aryl methyl sites for hydroxylation is 1. The van der Waals surface area contributed by atoms with Gasteiger partial charge in [-0.3, -0.25) is 0 Å². The number of aromatic amines is 1. The van der Waals surface area contributed by atoms with Crippen molar-refractivity contribution >= 4 is 5.69 Å². The first-order chi connectivity index (χ1) is 4.25. The predicted molar refractivity (Wildman–Crippen MR) is 33.1 cm³/mol. The summed E-state index contributed by atoms with van der Waals surface area (Å²) in [4.78, 5) is 10.5. The summed E-state index contributed by atoms with van der Waals surface area (Å²) in [5, 5.41) is 2.41. The fourth-order valence-electron chi connectivity index (χ4n) is 0.604. The number of hydrogen-bond acceptors (Lipinski definition) is 3. The van der Waals surface area contributed by atoms with E-state index in [4.69, 9.17) is 5.73 Å². The second-order valence-corrected chi connectivity index (χ2v) is 1.74. The molecule has 0 bridgehead atoms. The van der Waals surface area contributed by atoms with E-state index in [1.54, 1.807) is 0 Å². The summed E-state index contributed by atoms with van der Waals surface area (Å²) in [7, 11) is 0. The summed E-state index contributed by atoms with van der Waals surface area (Å²) < 4.78 is 4.38. The van der Waals surface area contributed by atoms with Gasteiger partial charge in [-0.25, -0.2) is 9.95 Å². The number of nitrogen functional groups attached to an aromatic ring is 1. The molecule has 0 aliphatic carbocycles. The van der Waals surface area contributed by atoms with Crippen LogP contribution >= 0.6 is 0 Å². The fourth-order valence-corrected chi connectivity index (χ4v) is 0.604. The van der Waals surface area contributed by atoms with E-state index < -0.39 is 5.63 Å². The van der Waals surface area contributed by atoms with Gasteiger partial charge in [0.15, 0.2) is 0 Å². The standard InChI is InChI=1S/C5H8N2O2/c1-2-3-4(6)5(8)9-7-3/h7H,2,6H2,1H3. The van der Waals surface area contributed by atoms with E-state index in [1.807, 2.05) is 6.92 Å². The van der Waals surface area contributed by atoms with Crippen molar-refractivity contribution in [2.24, 2.45) is 0 Å². The molecular weight excluding hydrogens is 120 g/mol. The van der Waals surface area contributed by atoms with Gasteiger partial charge in [-0.1, -0.05) is 6.92 Å². The summed E-state index contributed by atoms with van der Waals surface area (Å²) in [6.45, 7) is 1.89. The first-order valence-electron chi connectivity index (χ1n) is 2.71. The Balaban J connectivity index is 3.20. The summed E-state index contributed by atoms with van der Waals surface area (Å²) in [5.74, 6) is 0. The smallest absolute Gasteiger partial charge is 0.380 e. The zero-order valence-electron chi connectivity index (χ0n) is 5.10. The van der Waals surface area contributed by atoms with Gasteiger partial charge in [0.2, 0.25) is 0 Å². The predicted octanol–water partition coefficient (Wildman–Crippen LogP) is 0.112. The van der Waals surface area contributed by atoms with Crippen molar-refractivity contribution < 1.29 is 4.52 Å². The third kappa shape index (κ3) is 0.826. The molecule has 1 rings (SSSR count). The fraction of sp³-hybridized carbons (Fsp3) is 0.400. The lowest BCUT2D eigenvalue weighted by Gasteiger charge is -1.84. The Morgan fingerprint density at radius 3 is 2.67 bits per heavy atom. The summed E-state index contributed by atoms with van der Waals surface area (Å²) in [5.41, 5.74) is 5.65. The molecule has 0 radical (unpaired) electrons. The van der Waals surface area contributed by atoms with Crippen LogP contribution in [-0.2, 0) is 6.42 Å². The third-order valence-corrected chi connectivity index (χ3v) is 1.17. The van der Waals surface area contributed by atoms with E-state index >= 15 is 0 Å². The lowest BCUT2D eigenvalue weighted by atomic mass is 10.3.